The van der Waals surface area contributed by atoms with Crippen LogP contribution in [0.2, 0.25) is 0 Å². The number of nitrogens with one attached hydrogen (secondary N) is 4. The highest BCUT2D eigenvalue weighted by atomic mass is 32.2. The minimum atomic E-state index is -7.52. The molecule has 0 aromatic rings. The lowest BCUT2D eigenvalue weighted by molar-refractivity contribution is -0.510. The van der Waals surface area contributed by atoms with Crippen molar-refractivity contribution >= 4 is 10.1 Å². The highest BCUT2D eigenvalue weighted by Gasteiger charge is 2.81. The molecule has 2 aliphatic heterocycles. The monoisotopic (exact) mass is 661 g/mol. The molecule has 23 heteroatoms. The van der Waals surface area contributed by atoms with Gasteiger partial charge in [0.15, 0.2) is 10.1 Å². The molecule has 0 radical (unpaired) electrons. The summed E-state index contributed by atoms with van der Waals surface area (Å²) in [5.74, 6) is -7.22. The number of ether oxygens (including phenoxy) is 2. The number of azo groups is 1. The Bertz CT molecular complexity index is 1050. The number of rotatable bonds is 11. The highest BCUT2D eigenvalue weighted by molar-refractivity contribution is 7.86. The molecule has 1 unspecified atom stereocenters. The smallest absolute Gasteiger partial charge is 0.471 e. The predicted octanol–water partition coefficient (Wildman–Crippen LogP) is 3.05. The van der Waals surface area contributed by atoms with Crippen LogP contribution < -0.4 is 21.3 Å². The summed E-state index contributed by atoms with van der Waals surface area (Å²) in [5, 5.41) is 15.7. The van der Waals surface area contributed by atoms with E-state index in [1.807, 2.05) is 0 Å². The Morgan fingerprint density at radius 2 is 1.10 bits per heavy atom. The standard InChI is InChI=1S/C12H26N6.C7H3F11O5S/c1-11(2,9-13-5-6-14-9)17-18-12(3,4)10-15-7-8-16-10;1-2(8)22-5(13,14)3(9,4(10,11)12)23-6(15,16)7(17,18)24(19,20)21/h9-10,13-16H,5-8H2,1-4H3;1H2,(H,19,20,21)/p-1. The van der Waals surface area contributed by atoms with Crippen LogP contribution in [0.25, 0.3) is 0 Å². The molecule has 0 saturated carbocycles. The summed E-state index contributed by atoms with van der Waals surface area (Å²) in [6, 6.07) is -2.89. The van der Waals surface area contributed by atoms with E-state index in [0.29, 0.717) is 0 Å². The van der Waals surface area contributed by atoms with E-state index in [0.717, 1.165) is 26.2 Å². The van der Waals surface area contributed by atoms with Gasteiger partial charge in [-0.1, -0.05) is 0 Å². The minimum absolute atomic E-state index is 0.210. The molecule has 42 heavy (non-hydrogen) atoms. The van der Waals surface area contributed by atoms with Crippen LogP contribution in [0.4, 0.5) is 48.3 Å². The van der Waals surface area contributed by atoms with E-state index in [-0.39, 0.29) is 23.4 Å². The van der Waals surface area contributed by atoms with Crippen LogP contribution in [0.1, 0.15) is 27.7 Å². The van der Waals surface area contributed by atoms with Gasteiger partial charge in [-0.25, -0.2) is 8.42 Å². The zero-order chi connectivity index (χ0) is 33.2. The van der Waals surface area contributed by atoms with Crippen molar-refractivity contribution in [2.24, 2.45) is 10.2 Å². The van der Waals surface area contributed by atoms with E-state index in [9.17, 15) is 61.3 Å². The molecule has 0 aromatic carbocycles. The van der Waals surface area contributed by atoms with E-state index in [1.54, 1.807) is 11.3 Å². The fourth-order valence-electron chi connectivity index (χ4n) is 3.25. The second kappa shape index (κ2) is 12.6. The zero-order valence-corrected chi connectivity index (χ0v) is 23.0. The maximum absolute atomic E-state index is 13.3. The molecule has 0 bridgehead atoms. The average molecular weight is 662 g/mol. The van der Waals surface area contributed by atoms with Crippen molar-refractivity contribution in [1.82, 2.24) is 21.3 Å². The number of halogens is 11. The van der Waals surface area contributed by atoms with Gasteiger partial charge in [-0.05, 0) is 34.3 Å². The number of alkyl halides is 10. The fraction of sp³-hybridized carbons (Fsp3) is 0.895. The molecule has 2 heterocycles. The summed E-state index contributed by atoms with van der Waals surface area (Å²) < 4.78 is 172. The van der Waals surface area contributed by atoms with Gasteiger partial charge in [0.25, 0.3) is 6.01 Å². The van der Waals surface area contributed by atoms with Crippen molar-refractivity contribution in [3.8, 4) is 0 Å². The Kier molecular flexibility index (Phi) is 11.4. The molecule has 2 rings (SSSR count). The number of hydrogen-bond donors (Lipinski definition) is 4. The van der Waals surface area contributed by atoms with Crippen molar-refractivity contribution < 1.29 is 70.7 Å². The Balaban J connectivity index is 0.000000435. The van der Waals surface area contributed by atoms with Gasteiger partial charge < -0.3 is 9.29 Å². The third kappa shape index (κ3) is 8.59. The maximum Gasteiger partial charge on any atom is 0.471 e. The van der Waals surface area contributed by atoms with E-state index < -0.39 is 45.6 Å². The third-order valence-electron chi connectivity index (χ3n) is 5.52. The van der Waals surface area contributed by atoms with Crippen LogP contribution >= 0.6 is 0 Å². The lowest BCUT2D eigenvalue weighted by atomic mass is 10.0. The van der Waals surface area contributed by atoms with Crippen molar-refractivity contribution in [3.05, 3.63) is 12.6 Å². The molecule has 2 fully saturated rings. The second-order valence-electron chi connectivity index (χ2n) is 9.85. The van der Waals surface area contributed by atoms with E-state index in [4.69, 9.17) is 0 Å². The summed E-state index contributed by atoms with van der Waals surface area (Å²) in [6.07, 6.45) is -21.0. The molecule has 2 aliphatic rings. The summed E-state index contributed by atoms with van der Waals surface area (Å²) >= 11 is 0. The zero-order valence-electron chi connectivity index (χ0n) is 22.2. The SMILES string of the molecule is C=C(F)OC(F)(F)C(F)(OC(F)(F)C(F)(F)S(=O)(=O)[O-])C(F)(F)F.CC(C)(N=NC(C)(C)C1NCCN1)C1NCCN1. The van der Waals surface area contributed by atoms with Crippen LogP contribution in [0.15, 0.2) is 22.8 Å². The van der Waals surface area contributed by atoms with Crippen LogP contribution in [0.5, 0.6) is 0 Å². The highest BCUT2D eigenvalue weighted by Crippen LogP contribution is 2.53. The van der Waals surface area contributed by atoms with Crippen molar-refractivity contribution in [1.29, 1.82) is 0 Å². The quantitative estimate of drug-likeness (QED) is 0.114. The molecular formula is C19H28F11N6O5S-. The Labute approximate surface area is 232 Å². The van der Waals surface area contributed by atoms with Crippen molar-refractivity contribution in [2.45, 2.75) is 80.6 Å². The van der Waals surface area contributed by atoms with E-state index in [2.05, 4.69) is 63.9 Å². The minimum Gasteiger partial charge on any atom is -0.743 e. The first-order valence-electron chi connectivity index (χ1n) is 11.5. The summed E-state index contributed by atoms with van der Waals surface area (Å²) in [4.78, 5) is 0. The van der Waals surface area contributed by atoms with Gasteiger partial charge >= 0.3 is 29.5 Å². The van der Waals surface area contributed by atoms with Gasteiger partial charge in [-0.3, -0.25) is 26.0 Å². The average Bonchev–Trinajstić information content (AvgIpc) is 3.50. The lowest BCUT2D eigenvalue weighted by Crippen LogP contribution is -2.64. The maximum atomic E-state index is 13.3. The molecule has 0 aliphatic carbocycles. The van der Waals surface area contributed by atoms with Gasteiger partial charge in [-0.2, -0.15) is 58.5 Å². The van der Waals surface area contributed by atoms with Gasteiger partial charge in [0, 0.05) is 26.2 Å². The number of nitrogens with zero attached hydrogens (tertiary/aromatic N) is 2. The number of hydrogen-bond acceptors (Lipinski definition) is 11. The molecular weight excluding hydrogens is 633 g/mol. The van der Waals surface area contributed by atoms with Gasteiger partial charge in [0.05, 0.1) is 12.3 Å². The van der Waals surface area contributed by atoms with E-state index >= 15 is 0 Å². The van der Waals surface area contributed by atoms with Gasteiger partial charge in [-0.15, -0.1) is 0 Å². The summed E-state index contributed by atoms with van der Waals surface area (Å²) in [7, 11) is -7.52. The third-order valence-corrected chi connectivity index (χ3v) is 6.39. The Morgan fingerprint density at radius 1 is 0.762 bits per heavy atom. The molecule has 1 atom stereocenters. The molecule has 11 nitrogen and oxygen atoms in total. The summed E-state index contributed by atoms with van der Waals surface area (Å²) in [5.41, 5.74) is -0.460. The van der Waals surface area contributed by atoms with Crippen LogP contribution in [0, 0.1) is 0 Å². The van der Waals surface area contributed by atoms with Gasteiger partial charge in [0.1, 0.15) is 11.1 Å². The summed E-state index contributed by atoms with van der Waals surface area (Å²) in [6.45, 7) is 14.2. The fourth-order valence-corrected chi connectivity index (χ4v) is 3.58. The van der Waals surface area contributed by atoms with Crippen molar-refractivity contribution in [3.63, 3.8) is 0 Å². The molecule has 4 N–H and O–H groups in total. The molecule has 248 valence electrons. The first-order chi connectivity index (χ1) is 18.5. The van der Waals surface area contributed by atoms with Crippen LogP contribution in [0.3, 0.4) is 0 Å². The first-order valence-corrected chi connectivity index (χ1v) is 12.9. The first kappa shape index (κ1) is 38.1. The van der Waals surface area contributed by atoms with Crippen molar-refractivity contribution in [2.75, 3.05) is 26.2 Å². The molecule has 2 saturated heterocycles. The molecule has 0 amide bonds. The largest absolute Gasteiger partial charge is 0.743 e. The Morgan fingerprint density at radius 3 is 1.36 bits per heavy atom. The normalized spacial score (nSPS) is 20.4. The lowest BCUT2D eigenvalue weighted by Gasteiger charge is -2.37. The van der Waals surface area contributed by atoms with Gasteiger partial charge in [0.2, 0.25) is 0 Å². The van der Waals surface area contributed by atoms with E-state index in [1.165, 1.54) is 0 Å². The topological polar surface area (TPSA) is 148 Å². The molecule has 0 spiro atoms. The molecule has 0 aromatic heterocycles. The second-order valence-corrected chi connectivity index (χ2v) is 11.3. The predicted molar refractivity (Wildman–Crippen MR) is 119 cm³/mol. The Hall–Kier alpha value is -1.92. The van der Waals surface area contributed by atoms with Crippen LogP contribution in [-0.4, -0.2) is 92.1 Å². The van der Waals surface area contributed by atoms with Crippen LogP contribution in [-0.2, 0) is 19.6 Å².